The first-order valence-corrected chi connectivity index (χ1v) is 6.41. The van der Waals surface area contributed by atoms with Gasteiger partial charge in [-0.3, -0.25) is 4.72 Å². The maximum absolute atomic E-state index is 11.9. The van der Waals surface area contributed by atoms with Crippen LogP contribution in [-0.4, -0.2) is 18.6 Å². The van der Waals surface area contributed by atoms with Gasteiger partial charge in [0.15, 0.2) is 5.82 Å². The van der Waals surface area contributed by atoms with Gasteiger partial charge >= 0.3 is 0 Å². The van der Waals surface area contributed by atoms with E-state index in [1.807, 2.05) is 0 Å². The second-order valence-electron chi connectivity index (χ2n) is 3.24. The van der Waals surface area contributed by atoms with Gasteiger partial charge in [-0.2, -0.15) is 0 Å². The number of sulfonamides is 1. The van der Waals surface area contributed by atoms with Crippen LogP contribution in [0, 0.1) is 6.92 Å². The van der Waals surface area contributed by atoms with Crippen molar-refractivity contribution in [3.8, 4) is 0 Å². The normalized spacial score (nSPS) is 11.4. The Morgan fingerprint density at radius 1 is 1.41 bits per heavy atom. The van der Waals surface area contributed by atoms with Gasteiger partial charge < -0.3 is 4.52 Å². The standard InChI is InChI=1S/C9H8ClN3O3S/c1-6-4-9(12-16-6)13-17(14,15)7-2-3-11-8(10)5-7/h2-5H,1H3,(H,12,13). The molecule has 2 aromatic heterocycles. The summed E-state index contributed by atoms with van der Waals surface area (Å²) in [6, 6.07) is 4.05. The monoisotopic (exact) mass is 273 g/mol. The first-order chi connectivity index (χ1) is 7.97. The summed E-state index contributed by atoms with van der Waals surface area (Å²) in [5.41, 5.74) is 0. The van der Waals surface area contributed by atoms with E-state index >= 15 is 0 Å². The van der Waals surface area contributed by atoms with Crippen LogP contribution in [0.3, 0.4) is 0 Å². The van der Waals surface area contributed by atoms with Crippen LogP contribution in [0.25, 0.3) is 0 Å². The van der Waals surface area contributed by atoms with E-state index in [0.29, 0.717) is 5.76 Å². The van der Waals surface area contributed by atoms with E-state index in [1.165, 1.54) is 24.4 Å². The smallest absolute Gasteiger partial charge is 0.263 e. The Bertz CT molecular complexity index is 638. The highest BCUT2D eigenvalue weighted by molar-refractivity contribution is 7.92. The maximum atomic E-state index is 11.9. The molecule has 0 aliphatic heterocycles. The van der Waals surface area contributed by atoms with E-state index in [9.17, 15) is 8.42 Å². The van der Waals surface area contributed by atoms with Crippen molar-refractivity contribution in [2.45, 2.75) is 11.8 Å². The van der Waals surface area contributed by atoms with Crippen molar-refractivity contribution in [1.82, 2.24) is 10.1 Å². The predicted molar refractivity (Wildman–Crippen MR) is 61.3 cm³/mol. The lowest BCUT2D eigenvalue weighted by Gasteiger charge is -2.04. The lowest BCUT2D eigenvalue weighted by molar-refractivity contribution is 0.400. The molecule has 0 saturated carbocycles. The highest BCUT2D eigenvalue weighted by Gasteiger charge is 2.16. The van der Waals surface area contributed by atoms with E-state index in [0.717, 1.165) is 0 Å². The number of aryl methyl sites for hydroxylation is 1. The Morgan fingerprint density at radius 3 is 2.76 bits per heavy atom. The molecule has 0 aliphatic carbocycles. The first-order valence-electron chi connectivity index (χ1n) is 4.55. The quantitative estimate of drug-likeness (QED) is 0.863. The largest absolute Gasteiger partial charge is 0.360 e. The number of hydrogen-bond acceptors (Lipinski definition) is 5. The molecule has 0 spiro atoms. The summed E-state index contributed by atoms with van der Waals surface area (Å²) in [5.74, 6) is 0.630. The number of nitrogens with zero attached hydrogens (tertiary/aromatic N) is 2. The fourth-order valence-corrected chi connectivity index (χ4v) is 2.40. The number of aromatic nitrogens is 2. The summed E-state index contributed by atoms with van der Waals surface area (Å²) in [6.45, 7) is 1.66. The number of pyridine rings is 1. The third-order valence-corrected chi connectivity index (χ3v) is 3.43. The van der Waals surface area contributed by atoms with Crippen LogP contribution in [0.4, 0.5) is 5.82 Å². The minimum atomic E-state index is -3.72. The van der Waals surface area contributed by atoms with Gasteiger partial charge in [-0.15, -0.1) is 0 Å². The molecule has 0 unspecified atom stereocenters. The predicted octanol–water partition coefficient (Wildman–Crippen LogP) is 1.83. The first kappa shape index (κ1) is 11.9. The zero-order chi connectivity index (χ0) is 12.5. The van der Waals surface area contributed by atoms with Crippen LogP contribution in [-0.2, 0) is 10.0 Å². The van der Waals surface area contributed by atoms with Crippen molar-refractivity contribution in [1.29, 1.82) is 0 Å². The zero-order valence-corrected chi connectivity index (χ0v) is 10.3. The van der Waals surface area contributed by atoms with Gasteiger partial charge in [0.2, 0.25) is 0 Å². The molecule has 8 heteroatoms. The van der Waals surface area contributed by atoms with E-state index < -0.39 is 10.0 Å². The molecule has 0 fully saturated rings. The third-order valence-electron chi connectivity index (χ3n) is 1.88. The van der Waals surface area contributed by atoms with Crippen molar-refractivity contribution >= 4 is 27.4 Å². The number of hydrogen-bond donors (Lipinski definition) is 1. The number of anilines is 1. The number of nitrogens with one attached hydrogen (secondary N) is 1. The van der Waals surface area contributed by atoms with Gasteiger partial charge in [-0.1, -0.05) is 16.8 Å². The number of rotatable bonds is 3. The van der Waals surface area contributed by atoms with Crippen molar-refractivity contribution < 1.29 is 12.9 Å². The van der Waals surface area contributed by atoms with E-state index in [-0.39, 0.29) is 15.9 Å². The molecule has 90 valence electrons. The molecule has 0 radical (unpaired) electrons. The molecular formula is C9H8ClN3O3S. The second kappa shape index (κ2) is 4.34. The summed E-state index contributed by atoms with van der Waals surface area (Å²) in [4.78, 5) is 3.72. The van der Waals surface area contributed by atoms with Gasteiger partial charge in [-0.05, 0) is 19.1 Å². The van der Waals surface area contributed by atoms with Gasteiger partial charge in [-0.25, -0.2) is 13.4 Å². The van der Waals surface area contributed by atoms with E-state index in [2.05, 4.69) is 14.9 Å². The molecule has 0 atom stereocenters. The second-order valence-corrected chi connectivity index (χ2v) is 5.31. The Balaban J connectivity index is 2.31. The molecule has 0 aliphatic rings. The molecule has 2 aromatic rings. The van der Waals surface area contributed by atoms with Crippen molar-refractivity contribution in [2.24, 2.45) is 0 Å². The average molecular weight is 274 g/mol. The Labute approximate surface area is 103 Å². The molecule has 0 bridgehead atoms. The van der Waals surface area contributed by atoms with Gasteiger partial charge in [0, 0.05) is 12.3 Å². The maximum Gasteiger partial charge on any atom is 0.263 e. The molecule has 0 amide bonds. The fraction of sp³-hybridized carbons (Fsp3) is 0.111. The van der Waals surface area contributed by atoms with E-state index in [4.69, 9.17) is 16.1 Å². The highest BCUT2D eigenvalue weighted by atomic mass is 35.5. The Kier molecular flexibility index (Phi) is 3.03. The van der Waals surface area contributed by atoms with Crippen LogP contribution >= 0.6 is 11.6 Å². The van der Waals surface area contributed by atoms with Crippen molar-refractivity contribution in [3.05, 3.63) is 35.3 Å². The molecule has 6 nitrogen and oxygen atoms in total. The SMILES string of the molecule is Cc1cc(NS(=O)(=O)c2ccnc(Cl)c2)no1. The van der Waals surface area contributed by atoms with Crippen LogP contribution in [0.1, 0.15) is 5.76 Å². The Hall–Kier alpha value is -1.60. The summed E-state index contributed by atoms with van der Waals surface area (Å²) >= 11 is 5.62. The van der Waals surface area contributed by atoms with Crippen molar-refractivity contribution in [2.75, 3.05) is 4.72 Å². The van der Waals surface area contributed by atoms with Crippen LogP contribution in [0.15, 0.2) is 33.8 Å². The molecule has 2 heterocycles. The molecule has 0 aromatic carbocycles. The third kappa shape index (κ3) is 2.75. The molecule has 2 rings (SSSR count). The molecular weight excluding hydrogens is 266 g/mol. The topological polar surface area (TPSA) is 85.1 Å². The summed E-state index contributed by atoms with van der Waals surface area (Å²) in [5, 5.41) is 3.64. The van der Waals surface area contributed by atoms with Crippen LogP contribution < -0.4 is 4.72 Å². The Morgan fingerprint density at radius 2 is 2.18 bits per heavy atom. The fourth-order valence-electron chi connectivity index (χ4n) is 1.16. The van der Waals surface area contributed by atoms with E-state index in [1.54, 1.807) is 6.92 Å². The van der Waals surface area contributed by atoms with Gasteiger partial charge in [0.25, 0.3) is 10.0 Å². The number of halogens is 1. The molecule has 0 saturated heterocycles. The highest BCUT2D eigenvalue weighted by Crippen LogP contribution is 2.17. The van der Waals surface area contributed by atoms with Gasteiger partial charge in [0.05, 0.1) is 4.90 Å². The van der Waals surface area contributed by atoms with Crippen molar-refractivity contribution in [3.63, 3.8) is 0 Å². The lowest BCUT2D eigenvalue weighted by atomic mass is 10.5. The summed E-state index contributed by atoms with van der Waals surface area (Å²) in [7, 11) is -3.72. The minimum Gasteiger partial charge on any atom is -0.360 e. The summed E-state index contributed by atoms with van der Waals surface area (Å²) < 4.78 is 30.8. The lowest BCUT2D eigenvalue weighted by Crippen LogP contribution is -2.13. The van der Waals surface area contributed by atoms with Gasteiger partial charge in [0.1, 0.15) is 10.9 Å². The molecule has 1 N–H and O–H groups in total. The molecule has 17 heavy (non-hydrogen) atoms. The average Bonchev–Trinajstić information content (AvgIpc) is 2.63. The van der Waals surface area contributed by atoms with Crippen LogP contribution in [0.5, 0.6) is 0 Å². The minimum absolute atomic E-state index is 0.0122. The van der Waals surface area contributed by atoms with Crippen LogP contribution in [0.2, 0.25) is 5.15 Å². The zero-order valence-electron chi connectivity index (χ0n) is 8.71. The summed E-state index contributed by atoms with van der Waals surface area (Å²) in [6.07, 6.45) is 1.31.